The molecule has 4 bridgehead atoms. The minimum Gasteiger partial charge on any atom is -0.356 e. The maximum atomic E-state index is 16.0. The van der Waals surface area contributed by atoms with Crippen LogP contribution in [0.3, 0.4) is 0 Å². The predicted molar refractivity (Wildman–Crippen MR) is 101 cm³/mol. The summed E-state index contributed by atoms with van der Waals surface area (Å²) in [7, 11) is 0. The minimum atomic E-state index is -6.87. The van der Waals surface area contributed by atoms with Crippen LogP contribution in [0.1, 0.15) is 0 Å². The van der Waals surface area contributed by atoms with Crippen molar-refractivity contribution in [2.45, 2.75) is 57.9 Å². The molecule has 4 aliphatic rings. The Hall–Kier alpha value is -1.16. The minimum absolute atomic E-state index is 1.16. The Bertz CT molecular complexity index is 703. The van der Waals surface area contributed by atoms with Crippen molar-refractivity contribution in [2.24, 2.45) is 22.9 Å². The number of hydrogen-bond acceptors (Lipinski definition) is 8. The fourth-order valence-corrected chi connectivity index (χ4v) is 5.79. The van der Waals surface area contributed by atoms with Gasteiger partial charge in [0.15, 0.2) is 0 Å². The summed E-state index contributed by atoms with van der Waals surface area (Å²) >= 11 is 0. The summed E-state index contributed by atoms with van der Waals surface area (Å²) in [6.45, 7) is -11.7. The third kappa shape index (κ3) is 2.48. The van der Waals surface area contributed by atoms with Crippen LogP contribution in [0.5, 0.6) is 0 Å². The third-order valence-electron chi connectivity index (χ3n) is 7.05. The molecule has 8 N–H and O–H groups in total. The van der Waals surface area contributed by atoms with Gasteiger partial charge in [0, 0.05) is 26.2 Å². The van der Waals surface area contributed by atoms with E-state index in [9.17, 15) is 0 Å². The van der Waals surface area contributed by atoms with E-state index in [0.29, 0.717) is 0 Å². The Morgan fingerprint density at radius 1 is 0.316 bits per heavy atom. The van der Waals surface area contributed by atoms with Crippen LogP contribution in [0.25, 0.3) is 0 Å². The lowest BCUT2D eigenvalue weighted by Crippen LogP contribution is -3.12. The van der Waals surface area contributed by atoms with Gasteiger partial charge >= 0.3 is 35.5 Å². The monoisotopic (exact) mass is 588 g/mol. The van der Waals surface area contributed by atoms with Gasteiger partial charge in [0.1, 0.15) is 0 Å². The third-order valence-corrected chi connectivity index (χ3v) is 7.05. The Morgan fingerprint density at radius 3 is 0.553 bits per heavy atom. The van der Waals surface area contributed by atoms with E-state index in [1.54, 1.807) is 0 Å². The van der Waals surface area contributed by atoms with Gasteiger partial charge in [-0.05, 0) is 0 Å². The molecule has 0 amide bonds. The maximum absolute atomic E-state index is 16.0. The first-order valence-electron chi connectivity index (χ1n) is 10.9. The molecule has 0 aromatic heterocycles. The Balaban J connectivity index is 2.73. The molecule has 0 aromatic carbocycles. The number of hydrogen-bond donors (Lipinski definition) is 4. The highest BCUT2D eigenvalue weighted by atomic mass is 19.3. The highest BCUT2D eigenvalue weighted by molar-refractivity contribution is 5.55. The highest BCUT2D eigenvalue weighted by Gasteiger charge is 3.22. The van der Waals surface area contributed by atoms with Crippen LogP contribution < -0.4 is 22.9 Å². The van der Waals surface area contributed by atoms with Crippen molar-refractivity contribution in [1.82, 2.24) is 0 Å². The van der Waals surface area contributed by atoms with Gasteiger partial charge in [-0.1, -0.05) is 0 Å². The molecule has 0 unspecified atom stereocenters. The summed E-state index contributed by atoms with van der Waals surface area (Å²) in [6, 6.07) is 0. The summed E-state index contributed by atoms with van der Waals surface area (Å²) < 4.78 is 208. The van der Waals surface area contributed by atoms with Crippen LogP contribution in [-0.4, -0.2) is 111 Å². The fraction of sp³-hybridized carbons (Fsp3) is 1.00. The van der Waals surface area contributed by atoms with Gasteiger partial charge in [-0.2, -0.15) is 52.7 Å². The van der Waals surface area contributed by atoms with Gasteiger partial charge in [-0.3, -0.25) is 0 Å². The van der Waals surface area contributed by atoms with Gasteiger partial charge < -0.3 is 41.9 Å². The zero-order chi connectivity index (χ0) is 29.5. The molecule has 224 valence electrons. The first-order chi connectivity index (χ1) is 17.2. The lowest BCUT2D eigenvalue weighted by Gasteiger charge is -2.78. The molecule has 4 saturated carbocycles. The van der Waals surface area contributed by atoms with Gasteiger partial charge in [0.2, 0.25) is 0 Å². The van der Waals surface area contributed by atoms with Crippen LogP contribution in [0, 0.1) is 0 Å². The van der Waals surface area contributed by atoms with E-state index < -0.39 is 111 Å². The van der Waals surface area contributed by atoms with Gasteiger partial charge in [-0.15, -0.1) is 0 Å². The van der Waals surface area contributed by atoms with Crippen molar-refractivity contribution in [3.05, 3.63) is 0 Å². The molecule has 4 rings (SSSR count). The first kappa shape index (κ1) is 31.4. The zero-order valence-corrected chi connectivity index (χ0v) is 19.1. The summed E-state index contributed by atoms with van der Waals surface area (Å²) in [5.74, 6) is -41.2. The zero-order valence-electron chi connectivity index (χ0n) is 19.1. The van der Waals surface area contributed by atoms with Crippen molar-refractivity contribution < 1.29 is 71.6 Å². The van der Waals surface area contributed by atoms with Crippen molar-refractivity contribution in [3.63, 3.8) is 0 Å². The normalized spacial score (nSPS) is 40.4. The second-order valence-electron chi connectivity index (χ2n) is 8.72. The van der Waals surface area contributed by atoms with Crippen molar-refractivity contribution in [3.8, 4) is 0 Å². The van der Waals surface area contributed by atoms with Crippen LogP contribution in [0.4, 0.5) is 52.7 Å². The summed E-state index contributed by atoms with van der Waals surface area (Å²) in [6.07, 6.45) is 0. The molecule has 4 fully saturated rings. The largest absolute Gasteiger partial charge is 0.356 e. The molecule has 20 heteroatoms. The summed E-state index contributed by atoms with van der Waals surface area (Å²) in [5.41, 5.74) is -5.01. The van der Waals surface area contributed by atoms with Crippen molar-refractivity contribution >= 4 is 0 Å². The number of nitrogens with two attached hydrogens (primary N) is 4. The molecule has 0 saturated heterocycles. The van der Waals surface area contributed by atoms with Crippen LogP contribution in [0.2, 0.25) is 0 Å². The topological polar surface area (TPSA) is 141 Å². The Kier molecular flexibility index (Phi) is 7.16. The molecule has 0 heterocycles. The second kappa shape index (κ2) is 8.67. The van der Waals surface area contributed by atoms with E-state index in [0.717, 1.165) is 0 Å². The van der Waals surface area contributed by atoms with Gasteiger partial charge in [-0.25, -0.2) is 0 Å². The lowest BCUT2D eigenvalue weighted by molar-refractivity contribution is -0.649. The van der Waals surface area contributed by atoms with Gasteiger partial charge in [0.05, 0.1) is 26.4 Å². The molecular formula is C18H24F12N4O4. The number of halogens is 12. The predicted octanol–water partition coefficient (Wildman–Crippen LogP) is 0.695. The number of rotatable bonds is 12. The van der Waals surface area contributed by atoms with E-state index in [4.69, 9.17) is 22.9 Å². The molecule has 4 aliphatic carbocycles. The van der Waals surface area contributed by atoms with Crippen LogP contribution in [-0.2, 0) is 18.9 Å². The van der Waals surface area contributed by atoms with Crippen molar-refractivity contribution in [2.75, 3.05) is 52.6 Å². The fourth-order valence-electron chi connectivity index (χ4n) is 5.79. The quantitative estimate of drug-likeness (QED) is 0.244. The summed E-state index contributed by atoms with van der Waals surface area (Å²) in [4.78, 5) is 0. The molecule has 38 heavy (non-hydrogen) atoms. The highest BCUT2D eigenvalue weighted by Crippen LogP contribution is 2.88. The molecule has 0 aromatic rings. The van der Waals surface area contributed by atoms with E-state index in [2.05, 4.69) is 18.9 Å². The van der Waals surface area contributed by atoms with E-state index in [-0.39, 0.29) is 0 Å². The smallest absolute Gasteiger partial charge is 0.329 e. The Morgan fingerprint density at radius 2 is 0.447 bits per heavy atom. The molecule has 0 aliphatic heterocycles. The van der Waals surface area contributed by atoms with E-state index in [1.807, 2.05) is 0 Å². The second-order valence-corrected chi connectivity index (χ2v) is 8.72. The van der Waals surface area contributed by atoms with Crippen LogP contribution in [0.15, 0.2) is 0 Å². The maximum Gasteiger partial charge on any atom is 0.329 e. The molecule has 0 atom stereocenters. The average Bonchev–Trinajstić information content (AvgIpc) is 2.76. The standard InChI is InChI=1S/C18H24F12N4O4/c19-13(20)9(35-5-1-31)14(21,22)11(37-7-3-33)16(25,26)10(13,36-6-2-32)17(27,28)12(15(9,23)24,18(11,29)30)38-8-4-34/h1-8,31-34H2. The average molecular weight is 588 g/mol. The van der Waals surface area contributed by atoms with Crippen LogP contribution >= 0.6 is 0 Å². The summed E-state index contributed by atoms with van der Waals surface area (Å²) in [5, 5.41) is 0. The molecule has 0 radical (unpaired) electrons. The molecule has 8 nitrogen and oxygen atoms in total. The molecule has 0 spiro atoms. The Labute approximate surface area is 206 Å². The number of ether oxygens (including phenoxy) is 4. The molecular weight excluding hydrogens is 564 g/mol. The van der Waals surface area contributed by atoms with Gasteiger partial charge in [0.25, 0.3) is 22.4 Å². The SMILES string of the molecule is NCCOC12C(F)(F)C3(OCCN)C(F)(F)C(OCCN)(C1(F)F)C(F)(F)C(OCCN)(C2(F)F)C3(F)F. The van der Waals surface area contributed by atoms with Crippen molar-refractivity contribution in [1.29, 1.82) is 0 Å². The van der Waals surface area contributed by atoms with E-state index in [1.165, 1.54) is 0 Å². The van der Waals surface area contributed by atoms with E-state index >= 15 is 52.7 Å². The lowest BCUT2D eigenvalue weighted by atomic mass is 9.38. The number of alkyl halides is 12. The first-order valence-corrected chi connectivity index (χ1v) is 10.9.